The lowest BCUT2D eigenvalue weighted by molar-refractivity contribution is -0.238. The van der Waals surface area contributed by atoms with Crippen LogP contribution in [0.3, 0.4) is 0 Å². The number of unbranched alkanes of at least 4 members (excludes halogenated alkanes) is 4. The largest absolute Gasteiger partial charge is 0.507 e. The summed E-state index contributed by atoms with van der Waals surface area (Å²) in [6.45, 7) is 29.7. The Hall–Kier alpha value is -5.66. The first-order valence-electron chi connectivity index (χ1n) is 25.7. The first-order valence-corrected chi connectivity index (χ1v) is 25.7. The summed E-state index contributed by atoms with van der Waals surface area (Å²) in [6.07, 6.45) is 8.24. The molecule has 2 aliphatic rings. The van der Waals surface area contributed by atoms with E-state index >= 15 is 19.2 Å². The standard InChI is InChI=1S/C57H82N2O12/c1-15-21-25-37-31-41(32-38(47(37)62)26-22-16-2)49(64)70-57(51(66)68-43-35-54(9,10)58(45(60)19-5)55(11,12)36-43,52(67)69-44-29-30-53(7,8)59(46(61)20-6)56(44,13)14)71-50(65)42-33-39(27-23-17-3)48(63)40(34-42)28-24-18-4/h19-20,31-34,43-44,62-63H,5-6,15-18,21-30,35-36H2,1-4,7-14H3. The van der Waals surface area contributed by atoms with E-state index in [1.54, 1.807) is 51.3 Å². The van der Waals surface area contributed by atoms with Crippen LogP contribution in [0.1, 0.15) is 203 Å². The molecule has 2 heterocycles. The average molecular weight is 987 g/mol. The van der Waals surface area contributed by atoms with Gasteiger partial charge in [-0.2, -0.15) is 0 Å². The number of rotatable bonds is 22. The van der Waals surface area contributed by atoms with Crippen molar-refractivity contribution in [3.8, 4) is 11.5 Å². The summed E-state index contributed by atoms with van der Waals surface area (Å²) in [6, 6.07) is 5.76. The normalized spacial score (nSPS) is 18.2. The number of ether oxygens (including phenoxy) is 4. The van der Waals surface area contributed by atoms with E-state index in [0.717, 1.165) is 31.8 Å². The molecule has 0 aromatic heterocycles. The van der Waals surface area contributed by atoms with Crippen LogP contribution in [0.4, 0.5) is 0 Å². The lowest BCUT2D eigenvalue weighted by atomic mass is 9.77. The Labute approximate surface area is 422 Å². The molecule has 2 amide bonds. The third-order valence-electron chi connectivity index (χ3n) is 14.2. The summed E-state index contributed by atoms with van der Waals surface area (Å²) in [5.74, 6) is -9.96. The summed E-state index contributed by atoms with van der Waals surface area (Å²) in [4.78, 5) is 91.2. The molecule has 0 radical (unpaired) electrons. The molecule has 71 heavy (non-hydrogen) atoms. The zero-order valence-corrected chi connectivity index (χ0v) is 44.7. The third-order valence-corrected chi connectivity index (χ3v) is 14.2. The molecule has 14 heteroatoms. The molecule has 2 N–H and O–H groups in total. The minimum absolute atomic E-state index is 0.0256. The topological polar surface area (TPSA) is 186 Å². The predicted molar refractivity (Wildman–Crippen MR) is 273 cm³/mol. The number of nitrogens with zero attached hydrogens (tertiary/aromatic N) is 2. The molecule has 0 spiro atoms. The number of amides is 2. The van der Waals surface area contributed by atoms with Crippen LogP contribution in [0.25, 0.3) is 0 Å². The molecule has 2 aromatic rings. The van der Waals surface area contributed by atoms with Gasteiger partial charge in [0.15, 0.2) is 0 Å². The van der Waals surface area contributed by atoms with Crippen LogP contribution >= 0.6 is 0 Å². The van der Waals surface area contributed by atoms with Gasteiger partial charge < -0.3 is 39.0 Å². The second-order valence-electron chi connectivity index (χ2n) is 21.8. The first-order chi connectivity index (χ1) is 33.2. The lowest BCUT2D eigenvalue weighted by Crippen LogP contribution is -2.68. The van der Waals surface area contributed by atoms with Crippen molar-refractivity contribution in [2.24, 2.45) is 0 Å². The van der Waals surface area contributed by atoms with Crippen molar-refractivity contribution >= 4 is 35.7 Å². The van der Waals surface area contributed by atoms with Gasteiger partial charge in [0, 0.05) is 29.5 Å². The maximum atomic E-state index is 15.6. The number of likely N-dealkylation sites (tertiary alicyclic amines) is 2. The Kier molecular flexibility index (Phi) is 19.3. The molecule has 0 bridgehead atoms. The second-order valence-corrected chi connectivity index (χ2v) is 21.8. The van der Waals surface area contributed by atoms with Crippen LogP contribution in [0, 0.1) is 0 Å². The molecule has 1 atom stereocenters. The van der Waals surface area contributed by atoms with Crippen LogP contribution in [0.2, 0.25) is 0 Å². The number of hydrogen-bond acceptors (Lipinski definition) is 12. The third kappa shape index (κ3) is 13.1. The van der Waals surface area contributed by atoms with Crippen molar-refractivity contribution in [1.82, 2.24) is 9.80 Å². The monoisotopic (exact) mass is 987 g/mol. The van der Waals surface area contributed by atoms with Crippen molar-refractivity contribution in [2.45, 2.75) is 226 Å². The molecule has 2 fully saturated rings. The Balaban J connectivity index is 2.04. The fraction of sp³-hybridized carbons (Fsp3) is 0.614. The molecule has 2 aromatic carbocycles. The number of phenols is 2. The molecule has 1 unspecified atom stereocenters. The number of hydrogen-bond donors (Lipinski definition) is 2. The molecule has 2 saturated heterocycles. The zero-order valence-electron chi connectivity index (χ0n) is 44.7. The Morgan fingerprint density at radius 3 is 1.30 bits per heavy atom. The van der Waals surface area contributed by atoms with E-state index in [4.69, 9.17) is 18.9 Å². The molecular weight excluding hydrogens is 905 g/mol. The minimum Gasteiger partial charge on any atom is -0.507 e. The summed E-state index contributed by atoms with van der Waals surface area (Å²) in [5, 5.41) is 22.8. The maximum absolute atomic E-state index is 15.6. The van der Waals surface area contributed by atoms with Crippen LogP contribution in [-0.4, -0.2) is 95.9 Å². The molecular formula is C57H82N2O12. The van der Waals surface area contributed by atoms with Gasteiger partial charge >= 0.3 is 29.7 Å². The number of esters is 4. The highest BCUT2D eigenvalue weighted by molar-refractivity contribution is 6.08. The fourth-order valence-corrected chi connectivity index (χ4v) is 10.8. The zero-order chi connectivity index (χ0) is 53.3. The molecule has 14 nitrogen and oxygen atoms in total. The number of aryl methyl sites for hydroxylation is 4. The van der Waals surface area contributed by atoms with Gasteiger partial charge in [-0.3, -0.25) is 9.59 Å². The van der Waals surface area contributed by atoms with E-state index in [0.29, 0.717) is 80.0 Å². The lowest BCUT2D eigenvalue weighted by Gasteiger charge is -2.55. The molecule has 2 aliphatic heterocycles. The number of benzene rings is 2. The maximum Gasteiger partial charge on any atom is 0.457 e. The van der Waals surface area contributed by atoms with Crippen molar-refractivity contribution in [3.63, 3.8) is 0 Å². The van der Waals surface area contributed by atoms with Gasteiger partial charge in [-0.05, 0) is 178 Å². The van der Waals surface area contributed by atoms with Gasteiger partial charge in [-0.15, -0.1) is 0 Å². The second kappa shape index (κ2) is 23.7. The number of phenolic OH excluding ortho intramolecular Hbond substituents is 2. The molecule has 0 aliphatic carbocycles. The first kappa shape index (κ1) is 57.9. The minimum atomic E-state index is -3.58. The average Bonchev–Trinajstić information content (AvgIpc) is 3.29. The Morgan fingerprint density at radius 2 is 0.944 bits per heavy atom. The van der Waals surface area contributed by atoms with Crippen molar-refractivity contribution in [2.75, 3.05) is 0 Å². The van der Waals surface area contributed by atoms with Crippen LogP contribution in [0.15, 0.2) is 49.6 Å². The Bertz CT molecular complexity index is 2150. The quantitative estimate of drug-likeness (QED) is 0.0374. The van der Waals surface area contributed by atoms with E-state index < -0.39 is 69.9 Å². The number of carbonyl (C=O) groups excluding carboxylic acids is 6. The number of carbonyl (C=O) groups is 6. The molecule has 4 rings (SSSR count). The highest BCUT2D eigenvalue weighted by atomic mass is 16.8. The van der Waals surface area contributed by atoms with E-state index in [2.05, 4.69) is 13.2 Å². The van der Waals surface area contributed by atoms with Crippen LogP contribution < -0.4 is 0 Å². The van der Waals surface area contributed by atoms with Gasteiger partial charge in [0.2, 0.25) is 11.8 Å². The Morgan fingerprint density at radius 1 is 0.592 bits per heavy atom. The molecule has 392 valence electrons. The van der Waals surface area contributed by atoms with Crippen LogP contribution in [-0.2, 0) is 63.8 Å². The SMILES string of the molecule is C=CC(=O)N1C(C)(C)CC(OC(=O)C(OC(=O)c2cc(CCCC)c(O)c(CCCC)c2)(OC(=O)c2cc(CCCC)c(O)c(CCCC)c2)C(=O)OC2CCC(C)(C)N(C(=O)C=C)C2(C)C)CC1(C)C. The summed E-state index contributed by atoms with van der Waals surface area (Å²) >= 11 is 0. The van der Waals surface area contributed by atoms with Gasteiger partial charge in [0.05, 0.1) is 16.7 Å². The fourth-order valence-electron chi connectivity index (χ4n) is 10.8. The number of piperidine rings is 2. The van der Waals surface area contributed by atoms with Gasteiger partial charge in [0.25, 0.3) is 0 Å². The van der Waals surface area contributed by atoms with E-state index in [1.807, 2.05) is 41.5 Å². The van der Waals surface area contributed by atoms with Gasteiger partial charge in [0.1, 0.15) is 23.7 Å². The summed E-state index contributed by atoms with van der Waals surface area (Å²) in [7, 11) is 0. The van der Waals surface area contributed by atoms with Gasteiger partial charge in [-0.1, -0.05) is 66.5 Å². The highest BCUT2D eigenvalue weighted by Gasteiger charge is 2.62. The predicted octanol–water partition coefficient (Wildman–Crippen LogP) is 10.7. The number of aromatic hydroxyl groups is 2. The van der Waals surface area contributed by atoms with Crippen LogP contribution in [0.5, 0.6) is 11.5 Å². The van der Waals surface area contributed by atoms with E-state index in [1.165, 1.54) is 30.3 Å². The van der Waals surface area contributed by atoms with Gasteiger partial charge in [-0.25, -0.2) is 19.2 Å². The van der Waals surface area contributed by atoms with E-state index in [-0.39, 0.29) is 47.8 Å². The molecule has 0 saturated carbocycles. The summed E-state index contributed by atoms with van der Waals surface area (Å²) < 4.78 is 24.9. The summed E-state index contributed by atoms with van der Waals surface area (Å²) in [5.41, 5.74) is -2.34. The highest BCUT2D eigenvalue weighted by Crippen LogP contribution is 2.43. The van der Waals surface area contributed by atoms with Crippen molar-refractivity contribution in [3.05, 3.63) is 83.0 Å². The van der Waals surface area contributed by atoms with E-state index in [9.17, 15) is 19.8 Å². The van der Waals surface area contributed by atoms with Crippen molar-refractivity contribution < 1.29 is 57.9 Å². The smallest absolute Gasteiger partial charge is 0.457 e. The van der Waals surface area contributed by atoms with Crippen molar-refractivity contribution in [1.29, 1.82) is 0 Å².